The molecule has 0 aromatic carbocycles. The van der Waals surface area contributed by atoms with Gasteiger partial charge < -0.3 is 9.80 Å². The second-order valence-electron chi connectivity index (χ2n) is 6.67. The average Bonchev–Trinajstić information content (AvgIpc) is 2.49. The van der Waals surface area contributed by atoms with E-state index in [9.17, 15) is 4.79 Å². The number of carbonyl (C=O) groups excluding carboxylic acids is 1. The summed E-state index contributed by atoms with van der Waals surface area (Å²) >= 11 is 0. The zero-order valence-corrected chi connectivity index (χ0v) is 11.5. The molecule has 0 radical (unpaired) electrons. The summed E-state index contributed by atoms with van der Waals surface area (Å²) in [5, 5.41) is 3.04. The Hall–Kier alpha value is -0.570. The minimum Gasteiger partial charge on any atom is -0.347 e. The van der Waals surface area contributed by atoms with E-state index in [1.54, 1.807) is 0 Å². The van der Waals surface area contributed by atoms with Crippen molar-refractivity contribution in [1.82, 2.24) is 5.32 Å². The second-order valence-corrected chi connectivity index (χ2v) is 6.67. The van der Waals surface area contributed by atoms with E-state index in [1.165, 1.54) is 25.7 Å². The molecule has 0 bridgehead atoms. The van der Waals surface area contributed by atoms with E-state index >= 15 is 0 Å². The number of likely N-dealkylation sites (N-methyl/N-ethyl adjacent to an activating group) is 1. The largest absolute Gasteiger partial charge is 0.347 e. The number of rotatable bonds is 3. The average molecular weight is 227 g/mol. The molecule has 1 fully saturated rings. The highest BCUT2D eigenvalue weighted by Crippen LogP contribution is 2.26. The molecule has 0 heterocycles. The maximum Gasteiger partial charge on any atom is 0.275 e. The van der Waals surface area contributed by atoms with Gasteiger partial charge in [-0.25, -0.2) is 0 Å². The number of quaternary nitrogens is 1. The van der Waals surface area contributed by atoms with Gasteiger partial charge in [-0.3, -0.25) is 4.79 Å². The summed E-state index contributed by atoms with van der Waals surface area (Å²) in [4.78, 5) is 11.9. The van der Waals surface area contributed by atoms with Crippen molar-refractivity contribution >= 4 is 5.91 Å². The lowest BCUT2D eigenvalue weighted by atomic mass is 10.1. The predicted octanol–water partition coefficient (Wildman–Crippen LogP) is 1.92. The summed E-state index contributed by atoms with van der Waals surface area (Å²) in [6, 6.07) is 0.672. The van der Waals surface area contributed by atoms with Crippen molar-refractivity contribution < 1.29 is 9.28 Å². The molecule has 1 N–H and O–H groups in total. The normalized spacial score (nSPS) is 18.8. The Morgan fingerprint density at radius 2 is 1.75 bits per heavy atom. The first-order valence-corrected chi connectivity index (χ1v) is 6.34. The van der Waals surface area contributed by atoms with Crippen LogP contribution >= 0.6 is 0 Å². The Bertz CT molecular complexity index is 247. The van der Waals surface area contributed by atoms with E-state index < -0.39 is 0 Å². The van der Waals surface area contributed by atoms with Crippen LogP contribution in [0.4, 0.5) is 0 Å². The minimum absolute atomic E-state index is 0.118. The predicted molar refractivity (Wildman–Crippen MR) is 67.1 cm³/mol. The fourth-order valence-electron chi connectivity index (χ4n) is 2.56. The van der Waals surface area contributed by atoms with Crippen LogP contribution in [0.15, 0.2) is 0 Å². The van der Waals surface area contributed by atoms with Crippen LogP contribution < -0.4 is 5.32 Å². The van der Waals surface area contributed by atoms with E-state index in [0.717, 1.165) is 4.48 Å². The van der Waals surface area contributed by atoms with E-state index in [1.807, 2.05) is 20.8 Å². The monoisotopic (exact) mass is 227 g/mol. The van der Waals surface area contributed by atoms with Crippen LogP contribution in [0, 0.1) is 0 Å². The lowest BCUT2D eigenvalue weighted by Gasteiger charge is -2.36. The van der Waals surface area contributed by atoms with Crippen molar-refractivity contribution in [3.63, 3.8) is 0 Å². The highest BCUT2D eigenvalue weighted by atomic mass is 16.2. The SMILES string of the molecule is CC(C)(C)NC(=O)C[N+](C)(C)C1CCCC1. The number of carbonyl (C=O) groups is 1. The molecule has 3 heteroatoms. The Kier molecular flexibility index (Phi) is 4.00. The first-order chi connectivity index (χ1) is 7.21. The van der Waals surface area contributed by atoms with E-state index in [0.29, 0.717) is 12.6 Å². The molecule has 0 unspecified atom stereocenters. The molecular weight excluding hydrogens is 200 g/mol. The molecule has 1 aliphatic rings. The molecule has 0 aromatic heterocycles. The summed E-state index contributed by atoms with van der Waals surface area (Å²) in [7, 11) is 4.36. The van der Waals surface area contributed by atoms with Crippen LogP contribution in [0.1, 0.15) is 46.5 Å². The van der Waals surface area contributed by atoms with Crippen molar-refractivity contribution in [2.45, 2.75) is 58.0 Å². The topological polar surface area (TPSA) is 29.1 Å². The van der Waals surface area contributed by atoms with Gasteiger partial charge in [0.1, 0.15) is 0 Å². The first kappa shape index (κ1) is 13.5. The van der Waals surface area contributed by atoms with Crippen LogP contribution in [0.25, 0.3) is 0 Å². The van der Waals surface area contributed by atoms with Crippen LogP contribution in [-0.4, -0.2) is 42.6 Å². The highest BCUT2D eigenvalue weighted by molar-refractivity contribution is 5.77. The molecule has 16 heavy (non-hydrogen) atoms. The third-order valence-corrected chi connectivity index (χ3v) is 3.38. The molecule has 1 amide bonds. The van der Waals surface area contributed by atoms with Crippen LogP contribution in [-0.2, 0) is 4.79 Å². The summed E-state index contributed by atoms with van der Waals surface area (Å²) in [5.41, 5.74) is -0.118. The van der Waals surface area contributed by atoms with Crippen LogP contribution in [0.5, 0.6) is 0 Å². The van der Waals surface area contributed by atoms with E-state index in [-0.39, 0.29) is 11.4 Å². The third-order valence-electron chi connectivity index (χ3n) is 3.38. The van der Waals surface area contributed by atoms with Crippen molar-refractivity contribution in [2.75, 3.05) is 20.6 Å². The zero-order valence-electron chi connectivity index (χ0n) is 11.5. The maximum atomic E-state index is 11.9. The quantitative estimate of drug-likeness (QED) is 0.733. The van der Waals surface area contributed by atoms with E-state index in [4.69, 9.17) is 0 Å². The Labute approximate surface area is 99.8 Å². The molecule has 0 aliphatic heterocycles. The highest BCUT2D eigenvalue weighted by Gasteiger charge is 2.33. The lowest BCUT2D eigenvalue weighted by molar-refractivity contribution is -0.906. The number of hydrogen-bond acceptors (Lipinski definition) is 1. The first-order valence-electron chi connectivity index (χ1n) is 6.34. The van der Waals surface area contributed by atoms with Crippen molar-refractivity contribution in [3.8, 4) is 0 Å². The molecule has 94 valence electrons. The number of hydrogen-bond donors (Lipinski definition) is 1. The molecule has 1 rings (SSSR count). The maximum absolute atomic E-state index is 11.9. The fourth-order valence-corrected chi connectivity index (χ4v) is 2.56. The molecule has 0 atom stereocenters. The van der Waals surface area contributed by atoms with Gasteiger partial charge in [-0.1, -0.05) is 0 Å². The van der Waals surface area contributed by atoms with Gasteiger partial charge in [-0.05, 0) is 46.5 Å². The molecule has 0 saturated heterocycles. The molecule has 1 aliphatic carbocycles. The number of nitrogens with zero attached hydrogens (tertiary/aromatic N) is 1. The van der Waals surface area contributed by atoms with Gasteiger partial charge >= 0.3 is 0 Å². The number of nitrogens with one attached hydrogen (secondary N) is 1. The van der Waals surface area contributed by atoms with Gasteiger partial charge in [0, 0.05) is 5.54 Å². The summed E-state index contributed by atoms with van der Waals surface area (Å²) in [6.45, 7) is 6.68. The van der Waals surface area contributed by atoms with E-state index in [2.05, 4.69) is 19.4 Å². The van der Waals surface area contributed by atoms with Crippen molar-refractivity contribution in [1.29, 1.82) is 0 Å². The van der Waals surface area contributed by atoms with Gasteiger partial charge in [0.2, 0.25) is 0 Å². The van der Waals surface area contributed by atoms with Gasteiger partial charge in [0.25, 0.3) is 5.91 Å². The van der Waals surface area contributed by atoms with Crippen molar-refractivity contribution in [2.24, 2.45) is 0 Å². The minimum atomic E-state index is -0.118. The van der Waals surface area contributed by atoms with Gasteiger partial charge in [-0.2, -0.15) is 0 Å². The Morgan fingerprint density at radius 1 is 1.25 bits per heavy atom. The zero-order chi connectivity index (χ0) is 12.4. The van der Waals surface area contributed by atoms with Gasteiger partial charge in [-0.15, -0.1) is 0 Å². The summed E-state index contributed by atoms with van der Waals surface area (Å²) in [5.74, 6) is 0.171. The molecule has 3 nitrogen and oxygen atoms in total. The molecular formula is C13H27N2O+. The summed E-state index contributed by atoms with van der Waals surface area (Å²) in [6.07, 6.45) is 5.20. The summed E-state index contributed by atoms with van der Waals surface area (Å²) < 4.78 is 0.835. The third kappa shape index (κ3) is 4.12. The standard InChI is InChI=1S/C13H26N2O/c1-13(2,3)14-12(16)10-15(4,5)11-8-6-7-9-11/h11H,6-10H2,1-5H3/p+1. The van der Waals surface area contributed by atoms with Gasteiger partial charge in [0.05, 0.1) is 20.1 Å². The van der Waals surface area contributed by atoms with Gasteiger partial charge in [0.15, 0.2) is 6.54 Å². The lowest BCUT2D eigenvalue weighted by Crippen LogP contribution is -2.55. The molecule has 0 aromatic rings. The smallest absolute Gasteiger partial charge is 0.275 e. The number of amides is 1. The van der Waals surface area contributed by atoms with Crippen LogP contribution in [0.2, 0.25) is 0 Å². The Balaban J connectivity index is 2.48. The fraction of sp³-hybridized carbons (Fsp3) is 0.923. The second kappa shape index (κ2) is 4.74. The molecule has 0 spiro atoms. The van der Waals surface area contributed by atoms with Crippen molar-refractivity contribution in [3.05, 3.63) is 0 Å². The van der Waals surface area contributed by atoms with Crippen LogP contribution in [0.3, 0.4) is 0 Å². The Morgan fingerprint density at radius 3 is 2.19 bits per heavy atom. The molecule has 1 saturated carbocycles.